The lowest BCUT2D eigenvalue weighted by molar-refractivity contribution is -0.138. The van der Waals surface area contributed by atoms with Gasteiger partial charge in [-0.2, -0.15) is 0 Å². The highest BCUT2D eigenvalue weighted by Crippen LogP contribution is 2.25. The average molecular weight is 303 g/mol. The smallest absolute Gasteiger partial charge is 0.323 e. The number of hydrogen-bond donors (Lipinski definition) is 1. The number of hydrogen-bond acceptors (Lipinski definition) is 3. The average Bonchev–Trinajstić information content (AvgIpc) is 2.93. The normalized spacial score (nSPS) is 12.3. The van der Waals surface area contributed by atoms with Crippen molar-refractivity contribution in [1.82, 2.24) is 4.90 Å². The molecule has 1 unspecified atom stereocenters. The molecule has 0 aliphatic rings. The van der Waals surface area contributed by atoms with Crippen LogP contribution in [0.1, 0.15) is 43.1 Å². The summed E-state index contributed by atoms with van der Waals surface area (Å²) in [5.74, 6) is -1.32. The summed E-state index contributed by atoms with van der Waals surface area (Å²) in [6.07, 6.45) is 2.97. The van der Waals surface area contributed by atoms with Crippen molar-refractivity contribution in [3.63, 3.8) is 0 Å². The Morgan fingerprint density at radius 3 is 2.64 bits per heavy atom. The van der Waals surface area contributed by atoms with Gasteiger partial charge in [-0.1, -0.05) is 19.9 Å². The number of amides is 1. The number of nitrogens with zero attached hydrogens (tertiary/aromatic N) is 1. The van der Waals surface area contributed by atoms with E-state index in [1.807, 2.05) is 39.0 Å². The summed E-state index contributed by atoms with van der Waals surface area (Å²) in [5, 5.41) is 9.79. The predicted octanol–water partition coefficient (Wildman–Crippen LogP) is 3.32. The number of carbonyl (C=O) groups excluding carboxylic acids is 1. The number of fused-ring (bicyclic) bond motifs is 1. The topological polar surface area (TPSA) is 70.8 Å². The molecule has 22 heavy (non-hydrogen) atoms. The minimum absolute atomic E-state index is 0.150. The molecule has 118 valence electrons. The first-order valence-corrected chi connectivity index (χ1v) is 7.50. The fourth-order valence-electron chi connectivity index (χ4n) is 2.41. The van der Waals surface area contributed by atoms with E-state index in [0.717, 1.165) is 17.4 Å². The van der Waals surface area contributed by atoms with Crippen molar-refractivity contribution >= 4 is 22.8 Å². The summed E-state index contributed by atoms with van der Waals surface area (Å²) >= 11 is 0. The highest BCUT2D eigenvalue weighted by molar-refractivity contribution is 6.06. The van der Waals surface area contributed by atoms with Gasteiger partial charge < -0.3 is 14.4 Å². The summed E-state index contributed by atoms with van der Waals surface area (Å²) in [5.41, 5.74) is 2.17. The Morgan fingerprint density at radius 1 is 1.32 bits per heavy atom. The lowest BCUT2D eigenvalue weighted by atomic mass is 10.1. The van der Waals surface area contributed by atoms with Crippen LogP contribution in [0.2, 0.25) is 0 Å². The van der Waals surface area contributed by atoms with E-state index in [9.17, 15) is 9.59 Å². The summed E-state index contributed by atoms with van der Waals surface area (Å²) in [4.78, 5) is 25.2. The molecule has 1 atom stereocenters. The quantitative estimate of drug-likeness (QED) is 0.888. The standard InChI is InChI=1S/C17H21NO4/c1-4-11(3)18(9-16(19)20)17(21)14-10-22-15-7-6-12(5-2)8-13(14)15/h6-8,10-11H,4-5,9H2,1-3H3,(H,19,20). The van der Waals surface area contributed by atoms with Gasteiger partial charge >= 0.3 is 5.97 Å². The van der Waals surface area contributed by atoms with Crippen LogP contribution in [0.4, 0.5) is 0 Å². The maximum absolute atomic E-state index is 12.8. The number of carbonyl (C=O) groups is 2. The molecule has 1 aromatic heterocycles. The van der Waals surface area contributed by atoms with E-state index in [1.165, 1.54) is 11.2 Å². The van der Waals surface area contributed by atoms with Crippen molar-refractivity contribution in [1.29, 1.82) is 0 Å². The zero-order valence-corrected chi connectivity index (χ0v) is 13.1. The van der Waals surface area contributed by atoms with Crippen LogP contribution in [0, 0.1) is 0 Å². The van der Waals surface area contributed by atoms with E-state index < -0.39 is 5.97 Å². The second kappa shape index (κ2) is 6.64. The SMILES string of the molecule is CCc1ccc2occ(C(=O)N(CC(=O)O)C(C)CC)c2c1. The molecule has 0 aliphatic carbocycles. The number of carboxylic acid groups (broad SMARTS) is 1. The van der Waals surface area contributed by atoms with Crippen molar-refractivity contribution in [2.75, 3.05) is 6.54 Å². The predicted molar refractivity (Wildman–Crippen MR) is 84.0 cm³/mol. The summed E-state index contributed by atoms with van der Waals surface area (Å²) in [6, 6.07) is 5.59. The molecule has 2 rings (SSSR count). The molecular formula is C17H21NO4. The van der Waals surface area contributed by atoms with E-state index in [2.05, 4.69) is 0 Å². The third-order valence-corrected chi connectivity index (χ3v) is 3.97. The van der Waals surface area contributed by atoms with Gasteiger partial charge in [0.25, 0.3) is 5.91 Å². The molecule has 0 saturated carbocycles. The molecule has 1 N–H and O–H groups in total. The third-order valence-electron chi connectivity index (χ3n) is 3.97. The lowest BCUT2D eigenvalue weighted by Gasteiger charge is -2.26. The van der Waals surface area contributed by atoms with Gasteiger partial charge in [0.05, 0.1) is 5.56 Å². The van der Waals surface area contributed by atoms with Crippen LogP contribution < -0.4 is 0 Å². The van der Waals surface area contributed by atoms with Crippen LogP contribution in [0.25, 0.3) is 11.0 Å². The van der Waals surface area contributed by atoms with Crippen molar-refractivity contribution in [3.05, 3.63) is 35.6 Å². The van der Waals surface area contributed by atoms with E-state index in [1.54, 1.807) is 0 Å². The van der Waals surface area contributed by atoms with Gasteiger partial charge in [0, 0.05) is 11.4 Å². The second-order valence-electron chi connectivity index (χ2n) is 5.42. The Labute approximate surface area is 129 Å². The molecule has 0 radical (unpaired) electrons. The van der Waals surface area contributed by atoms with Crippen LogP contribution in [0.3, 0.4) is 0 Å². The first-order valence-electron chi connectivity index (χ1n) is 7.50. The Balaban J connectivity index is 2.43. The maximum atomic E-state index is 12.8. The van der Waals surface area contributed by atoms with Gasteiger partial charge in [0.1, 0.15) is 18.4 Å². The number of aliphatic carboxylic acids is 1. The van der Waals surface area contributed by atoms with Gasteiger partial charge in [-0.15, -0.1) is 0 Å². The van der Waals surface area contributed by atoms with E-state index in [4.69, 9.17) is 9.52 Å². The highest BCUT2D eigenvalue weighted by atomic mass is 16.4. The molecule has 5 nitrogen and oxygen atoms in total. The fraction of sp³-hybridized carbons (Fsp3) is 0.412. The third kappa shape index (κ3) is 3.13. The molecular weight excluding hydrogens is 282 g/mol. The minimum atomic E-state index is -1.02. The molecule has 2 aromatic rings. The van der Waals surface area contributed by atoms with Gasteiger partial charge in [-0.3, -0.25) is 9.59 Å². The number of aryl methyl sites for hydroxylation is 1. The van der Waals surface area contributed by atoms with Crippen molar-refractivity contribution in [2.24, 2.45) is 0 Å². The van der Waals surface area contributed by atoms with Crippen LogP contribution in [-0.4, -0.2) is 34.5 Å². The van der Waals surface area contributed by atoms with Gasteiger partial charge in [-0.25, -0.2) is 0 Å². The molecule has 0 aliphatic heterocycles. The number of benzene rings is 1. The first kappa shape index (κ1) is 16.1. The van der Waals surface area contributed by atoms with Gasteiger partial charge in [0.2, 0.25) is 0 Å². The van der Waals surface area contributed by atoms with Crippen molar-refractivity contribution < 1.29 is 19.1 Å². The van der Waals surface area contributed by atoms with E-state index >= 15 is 0 Å². The molecule has 0 bridgehead atoms. The summed E-state index contributed by atoms with van der Waals surface area (Å²) < 4.78 is 5.44. The van der Waals surface area contributed by atoms with Crippen molar-refractivity contribution in [3.8, 4) is 0 Å². The van der Waals surface area contributed by atoms with Gasteiger partial charge in [-0.05, 0) is 37.5 Å². The van der Waals surface area contributed by atoms with Crippen LogP contribution >= 0.6 is 0 Å². The van der Waals surface area contributed by atoms with Crippen LogP contribution in [0.15, 0.2) is 28.9 Å². The monoisotopic (exact) mass is 303 g/mol. The molecule has 0 fully saturated rings. The highest BCUT2D eigenvalue weighted by Gasteiger charge is 2.25. The van der Waals surface area contributed by atoms with Crippen LogP contribution in [0.5, 0.6) is 0 Å². The molecule has 0 spiro atoms. The van der Waals surface area contributed by atoms with Gasteiger partial charge in [0.15, 0.2) is 0 Å². The molecule has 0 saturated heterocycles. The first-order chi connectivity index (χ1) is 10.5. The zero-order valence-electron chi connectivity index (χ0n) is 13.1. The largest absolute Gasteiger partial charge is 0.480 e. The fourth-order valence-corrected chi connectivity index (χ4v) is 2.41. The van der Waals surface area contributed by atoms with E-state index in [0.29, 0.717) is 17.6 Å². The Bertz CT molecular complexity index is 689. The Kier molecular flexibility index (Phi) is 4.85. The lowest BCUT2D eigenvalue weighted by Crippen LogP contribution is -2.41. The molecule has 1 heterocycles. The second-order valence-corrected chi connectivity index (χ2v) is 5.42. The molecule has 1 amide bonds. The Morgan fingerprint density at radius 2 is 2.05 bits per heavy atom. The number of carboxylic acids is 1. The van der Waals surface area contributed by atoms with E-state index in [-0.39, 0.29) is 18.5 Å². The molecule has 1 aromatic carbocycles. The zero-order chi connectivity index (χ0) is 16.3. The van der Waals surface area contributed by atoms with Crippen LogP contribution in [-0.2, 0) is 11.2 Å². The number of rotatable bonds is 6. The Hall–Kier alpha value is -2.30. The summed E-state index contributed by atoms with van der Waals surface area (Å²) in [7, 11) is 0. The molecule has 5 heteroatoms. The summed E-state index contributed by atoms with van der Waals surface area (Å²) in [6.45, 7) is 5.50. The maximum Gasteiger partial charge on any atom is 0.323 e. The minimum Gasteiger partial charge on any atom is -0.480 e. The van der Waals surface area contributed by atoms with Crippen molar-refractivity contribution in [2.45, 2.75) is 39.7 Å². The number of furan rings is 1.